The van der Waals surface area contributed by atoms with Crippen LogP contribution in [0.3, 0.4) is 0 Å². The first-order valence-electron chi connectivity index (χ1n) is 6.36. The third-order valence-electron chi connectivity index (χ3n) is 2.91. The average Bonchev–Trinajstić information content (AvgIpc) is 2.38. The van der Waals surface area contributed by atoms with Crippen LogP contribution in [0.2, 0.25) is 0 Å². The zero-order valence-electron chi connectivity index (χ0n) is 11.0. The molecule has 2 rings (SSSR count). The zero-order valence-corrected chi connectivity index (χ0v) is 11.0. The number of hydrogen-bond donors (Lipinski definition) is 1. The van der Waals surface area contributed by atoms with Gasteiger partial charge in [0.05, 0.1) is 0 Å². The molecule has 0 saturated carbocycles. The van der Waals surface area contributed by atoms with Crippen molar-refractivity contribution < 1.29 is 9.13 Å². The first-order chi connectivity index (χ1) is 9.19. The molecule has 0 atom stereocenters. The molecule has 0 bridgehead atoms. The molecule has 0 radical (unpaired) electrons. The van der Waals surface area contributed by atoms with Gasteiger partial charge in [0.15, 0.2) is 11.6 Å². The number of hydrogen-bond acceptors (Lipinski definition) is 2. The molecular weight excluding hydrogens is 241 g/mol. The van der Waals surface area contributed by atoms with Crippen LogP contribution < -0.4 is 10.5 Å². The Labute approximate surface area is 113 Å². The summed E-state index contributed by atoms with van der Waals surface area (Å²) in [7, 11) is 0. The lowest BCUT2D eigenvalue weighted by Crippen LogP contribution is -2.03. The largest absolute Gasteiger partial charge is 0.486 e. The summed E-state index contributed by atoms with van der Waals surface area (Å²) in [6.07, 6.45) is 0.676. The summed E-state index contributed by atoms with van der Waals surface area (Å²) < 4.78 is 19.3. The molecule has 0 aliphatic rings. The molecule has 3 heteroatoms. The number of ether oxygens (including phenoxy) is 1. The first-order valence-corrected chi connectivity index (χ1v) is 6.36. The van der Waals surface area contributed by atoms with Crippen LogP contribution in [-0.4, -0.2) is 6.54 Å². The van der Waals surface area contributed by atoms with Gasteiger partial charge in [-0.1, -0.05) is 35.9 Å². The summed E-state index contributed by atoms with van der Waals surface area (Å²) in [4.78, 5) is 0. The predicted molar refractivity (Wildman–Crippen MR) is 74.7 cm³/mol. The van der Waals surface area contributed by atoms with E-state index in [1.165, 1.54) is 11.6 Å². The van der Waals surface area contributed by atoms with Gasteiger partial charge in [-0.3, -0.25) is 0 Å². The van der Waals surface area contributed by atoms with Crippen molar-refractivity contribution in [2.45, 2.75) is 20.0 Å². The van der Waals surface area contributed by atoms with E-state index >= 15 is 0 Å². The minimum atomic E-state index is -0.335. The molecule has 2 N–H and O–H groups in total. The maximum atomic E-state index is 13.8. The SMILES string of the molecule is Cc1cccc(COc2ccc(CCN)cc2F)c1. The minimum absolute atomic E-state index is 0.280. The Bertz CT molecular complexity index is 554. The molecule has 0 aromatic heterocycles. The topological polar surface area (TPSA) is 35.2 Å². The van der Waals surface area contributed by atoms with Crippen LogP contribution >= 0.6 is 0 Å². The number of nitrogens with two attached hydrogens (primary N) is 1. The lowest BCUT2D eigenvalue weighted by molar-refractivity contribution is 0.290. The maximum absolute atomic E-state index is 13.8. The third-order valence-corrected chi connectivity index (χ3v) is 2.91. The zero-order chi connectivity index (χ0) is 13.7. The Morgan fingerprint density at radius 1 is 1.11 bits per heavy atom. The molecule has 0 heterocycles. The minimum Gasteiger partial charge on any atom is -0.486 e. The third kappa shape index (κ3) is 3.80. The highest BCUT2D eigenvalue weighted by molar-refractivity contribution is 5.30. The number of rotatable bonds is 5. The Morgan fingerprint density at radius 3 is 2.63 bits per heavy atom. The van der Waals surface area contributed by atoms with Gasteiger partial charge < -0.3 is 10.5 Å². The van der Waals surface area contributed by atoms with Gasteiger partial charge in [0.2, 0.25) is 0 Å². The van der Waals surface area contributed by atoms with E-state index in [1.807, 2.05) is 37.3 Å². The van der Waals surface area contributed by atoms with Gasteiger partial charge in [-0.2, -0.15) is 0 Å². The summed E-state index contributed by atoms with van der Waals surface area (Å²) in [6.45, 7) is 2.91. The van der Waals surface area contributed by atoms with E-state index in [1.54, 1.807) is 6.07 Å². The summed E-state index contributed by atoms with van der Waals surface area (Å²) in [5.41, 5.74) is 8.53. The fraction of sp³-hybridized carbons (Fsp3) is 0.250. The Morgan fingerprint density at radius 2 is 1.95 bits per heavy atom. The van der Waals surface area contributed by atoms with Crippen LogP contribution in [-0.2, 0) is 13.0 Å². The van der Waals surface area contributed by atoms with E-state index in [-0.39, 0.29) is 11.6 Å². The van der Waals surface area contributed by atoms with Crippen molar-refractivity contribution in [1.29, 1.82) is 0 Å². The average molecular weight is 259 g/mol. The van der Waals surface area contributed by atoms with Gasteiger partial charge in [-0.15, -0.1) is 0 Å². The fourth-order valence-electron chi connectivity index (χ4n) is 1.95. The molecular formula is C16H18FNO. The maximum Gasteiger partial charge on any atom is 0.165 e. The fourth-order valence-corrected chi connectivity index (χ4v) is 1.95. The van der Waals surface area contributed by atoms with E-state index in [2.05, 4.69) is 0 Å². The van der Waals surface area contributed by atoms with E-state index in [0.29, 0.717) is 19.6 Å². The smallest absolute Gasteiger partial charge is 0.165 e. The van der Waals surface area contributed by atoms with E-state index < -0.39 is 0 Å². The highest BCUT2D eigenvalue weighted by Crippen LogP contribution is 2.20. The lowest BCUT2D eigenvalue weighted by atomic mass is 10.1. The highest BCUT2D eigenvalue weighted by atomic mass is 19.1. The molecule has 2 aromatic carbocycles. The van der Waals surface area contributed by atoms with Gasteiger partial charge in [-0.05, 0) is 43.1 Å². The van der Waals surface area contributed by atoms with Crippen molar-refractivity contribution in [3.63, 3.8) is 0 Å². The second-order valence-corrected chi connectivity index (χ2v) is 4.58. The van der Waals surface area contributed by atoms with E-state index in [9.17, 15) is 4.39 Å². The molecule has 0 amide bonds. The molecule has 0 aliphatic heterocycles. The van der Waals surface area contributed by atoms with Crippen molar-refractivity contribution in [2.24, 2.45) is 5.73 Å². The number of aryl methyl sites for hydroxylation is 1. The highest BCUT2D eigenvalue weighted by Gasteiger charge is 2.05. The Hall–Kier alpha value is -1.87. The molecule has 2 aromatic rings. The summed E-state index contributed by atoms with van der Waals surface area (Å²) in [6, 6.07) is 13.0. The standard InChI is InChI=1S/C16H18FNO/c1-12-3-2-4-14(9-12)11-19-16-6-5-13(7-8-18)10-15(16)17/h2-6,9-10H,7-8,11,18H2,1H3. The van der Waals surface area contributed by atoms with Crippen LogP contribution in [0.4, 0.5) is 4.39 Å². The van der Waals surface area contributed by atoms with Gasteiger partial charge in [0, 0.05) is 0 Å². The molecule has 19 heavy (non-hydrogen) atoms. The van der Waals surface area contributed by atoms with Crippen LogP contribution in [0.15, 0.2) is 42.5 Å². The van der Waals surface area contributed by atoms with Gasteiger partial charge >= 0.3 is 0 Å². The Kier molecular flexibility index (Phi) is 4.53. The molecule has 0 aliphatic carbocycles. The van der Waals surface area contributed by atoms with Crippen molar-refractivity contribution in [3.8, 4) is 5.75 Å². The predicted octanol–water partition coefficient (Wildman–Crippen LogP) is 3.21. The van der Waals surface area contributed by atoms with E-state index in [0.717, 1.165) is 11.1 Å². The van der Waals surface area contributed by atoms with Crippen molar-refractivity contribution in [1.82, 2.24) is 0 Å². The molecule has 0 unspecified atom stereocenters. The number of halogens is 1. The van der Waals surface area contributed by atoms with Crippen molar-refractivity contribution in [3.05, 3.63) is 65.0 Å². The monoisotopic (exact) mass is 259 g/mol. The van der Waals surface area contributed by atoms with Gasteiger partial charge in [-0.25, -0.2) is 4.39 Å². The second kappa shape index (κ2) is 6.34. The lowest BCUT2D eigenvalue weighted by Gasteiger charge is -2.09. The Balaban J connectivity index is 2.03. The molecule has 0 fully saturated rings. The number of benzene rings is 2. The van der Waals surface area contributed by atoms with Gasteiger partial charge in [0.25, 0.3) is 0 Å². The normalized spacial score (nSPS) is 10.5. The molecule has 0 spiro atoms. The van der Waals surface area contributed by atoms with Crippen LogP contribution in [0.1, 0.15) is 16.7 Å². The van der Waals surface area contributed by atoms with Gasteiger partial charge in [0.1, 0.15) is 6.61 Å². The first kappa shape index (κ1) is 13.6. The van der Waals surface area contributed by atoms with E-state index in [4.69, 9.17) is 10.5 Å². The van der Waals surface area contributed by atoms with Crippen LogP contribution in [0, 0.1) is 12.7 Å². The second-order valence-electron chi connectivity index (χ2n) is 4.58. The molecule has 100 valence electrons. The molecule has 2 nitrogen and oxygen atoms in total. The quantitative estimate of drug-likeness (QED) is 0.894. The summed E-state index contributed by atoms with van der Waals surface area (Å²) in [5.74, 6) is -0.0547. The summed E-state index contributed by atoms with van der Waals surface area (Å²) in [5, 5.41) is 0. The summed E-state index contributed by atoms with van der Waals surface area (Å²) >= 11 is 0. The van der Waals surface area contributed by atoms with Crippen molar-refractivity contribution >= 4 is 0 Å². The van der Waals surface area contributed by atoms with Crippen LogP contribution in [0.25, 0.3) is 0 Å². The van der Waals surface area contributed by atoms with Crippen LogP contribution in [0.5, 0.6) is 5.75 Å². The molecule has 0 saturated heterocycles. The van der Waals surface area contributed by atoms with Crippen molar-refractivity contribution in [2.75, 3.05) is 6.54 Å².